The third-order valence-electron chi connectivity index (χ3n) is 3.46. The third kappa shape index (κ3) is 2.89. The van der Waals surface area contributed by atoms with Crippen molar-refractivity contribution in [2.24, 2.45) is 0 Å². The van der Waals surface area contributed by atoms with Crippen molar-refractivity contribution >= 4 is 56.5 Å². The van der Waals surface area contributed by atoms with Crippen LogP contribution >= 0.6 is 39.9 Å². The first-order valence-corrected chi connectivity index (χ1v) is 7.55. The molecule has 0 bridgehead atoms. The summed E-state index contributed by atoms with van der Waals surface area (Å²) in [6.07, 6.45) is 0. The number of fused-ring (bicyclic) bond motifs is 1. The molecule has 2 heterocycles. The van der Waals surface area contributed by atoms with Gasteiger partial charge in [0, 0.05) is 36.0 Å². The molecule has 1 aliphatic rings. The number of aryl methyl sites for hydroxylation is 1. The van der Waals surface area contributed by atoms with Crippen molar-refractivity contribution < 1.29 is 0 Å². The fraction of sp³-hybridized carbons (Fsp3) is 0.357. The van der Waals surface area contributed by atoms with Crippen LogP contribution in [0, 0.1) is 6.92 Å². The average molecular weight is 377 g/mol. The van der Waals surface area contributed by atoms with E-state index in [4.69, 9.17) is 11.6 Å². The van der Waals surface area contributed by atoms with Crippen molar-refractivity contribution in [3.8, 4) is 0 Å². The number of nitrogens with zero attached hydrogens (tertiary/aromatic N) is 2. The van der Waals surface area contributed by atoms with Crippen LogP contribution in [-0.4, -0.2) is 31.2 Å². The molecule has 20 heavy (non-hydrogen) atoms. The monoisotopic (exact) mass is 375 g/mol. The zero-order valence-electron chi connectivity index (χ0n) is 11.1. The molecule has 3 rings (SSSR count). The summed E-state index contributed by atoms with van der Waals surface area (Å²) in [5.74, 6) is 0. The molecule has 6 heteroatoms. The molecule has 1 N–H and O–H groups in total. The molecular formula is C14H16BrCl2N3. The molecule has 0 atom stereocenters. The minimum Gasteiger partial charge on any atom is -0.367 e. The Morgan fingerprint density at radius 3 is 2.70 bits per heavy atom. The van der Waals surface area contributed by atoms with Gasteiger partial charge in [-0.1, -0.05) is 27.5 Å². The molecule has 1 aromatic heterocycles. The molecule has 108 valence electrons. The Labute approximate surface area is 138 Å². The molecular weight excluding hydrogens is 361 g/mol. The number of benzene rings is 1. The van der Waals surface area contributed by atoms with Crippen molar-refractivity contribution in [1.29, 1.82) is 0 Å². The van der Waals surface area contributed by atoms with Gasteiger partial charge in [0.25, 0.3) is 0 Å². The SMILES string of the molecule is Cc1nc2ccc(Br)cc2c(N2CCNCC2)c1Cl.Cl. The summed E-state index contributed by atoms with van der Waals surface area (Å²) in [6.45, 7) is 5.91. The maximum absolute atomic E-state index is 6.52. The number of hydrogen-bond donors (Lipinski definition) is 1. The van der Waals surface area contributed by atoms with E-state index in [0.717, 1.165) is 58.0 Å². The Morgan fingerprint density at radius 2 is 2.00 bits per heavy atom. The molecule has 1 fully saturated rings. The molecule has 2 aromatic rings. The molecule has 0 spiro atoms. The average Bonchev–Trinajstić information content (AvgIpc) is 2.42. The molecule has 1 aromatic carbocycles. The summed E-state index contributed by atoms with van der Waals surface area (Å²) >= 11 is 10.0. The molecule has 3 nitrogen and oxygen atoms in total. The van der Waals surface area contributed by atoms with Crippen molar-refractivity contribution in [3.05, 3.63) is 33.4 Å². The number of aromatic nitrogens is 1. The fourth-order valence-corrected chi connectivity index (χ4v) is 3.14. The summed E-state index contributed by atoms with van der Waals surface area (Å²) in [5, 5.41) is 5.26. The summed E-state index contributed by atoms with van der Waals surface area (Å²) < 4.78 is 1.05. The Morgan fingerprint density at radius 1 is 1.30 bits per heavy atom. The van der Waals surface area contributed by atoms with Crippen LogP contribution in [0.3, 0.4) is 0 Å². The van der Waals surface area contributed by atoms with Gasteiger partial charge in [-0.3, -0.25) is 4.98 Å². The first-order chi connectivity index (χ1) is 9.16. The van der Waals surface area contributed by atoms with Gasteiger partial charge in [0.05, 0.1) is 21.9 Å². The lowest BCUT2D eigenvalue weighted by atomic mass is 10.1. The van der Waals surface area contributed by atoms with Crippen molar-refractivity contribution in [2.75, 3.05) is 31.1 Å². The second-order valence-electron chi connectivity index (χ2n) is 4.76. The number of anilines is 1. The van der Waals surface area contributed by atoms with Gasteiger partial charge in [-0.05, 0) is 25.1 Å². The Kier molecular flexibility index (Phi) is 5.13. The highest BCUT2D eigenvalue weighted by Gasteiger charge is 2.19. The van der Waals surface area contributed by atoms with E-state index in [1.54, 1.807) is 0 Å². The number of piperazine rings is 1. The standard InChI is InChI=1S/C14H15BrClN3.ClH/c1-9-13(16)14(19-6-4-17-5-7-19)11-8-10(15)2-3-12(11)18-9;/h2-3,8,17H,4-7H2,1H3;1H. The predicted octanol–water partition coefficient (Wildman–Crippen LogP) is 3.79. The number of nitrogens with one attached hydrogen (secondary N) is 1. The normalized spacial score (nSPS) is 15.2. The molecule has 1 saturated heterocycles. The van der Waals surface area contributed by atoms with Crippen LogP contribution in [0.2, 0.25) is 5.02 Å². The highest BCUT2D eigenvalue weighted by atomic mass is 79.9. The molecule has 0 radical (unpaired) electrons. The third-order valence-corrected chi connectivity index (χ3v) is 4.41. The van der Waals surface area contributed by atoms with Crippen LogP contribution in [0.15, 0.2) is 22.7 Å². The first kappa shape index (κ1) is 15.8. The minimum absolute atomic E-state index is 0. The Hall–Kier alpha value is -0.550. The predicted molar refractivity (Wildman–Crippen MR) is 91.5 cm³/mol. The number of pyridine rings is 1. The summed E-state index contributed by atoms with van der Waals surface area (Å²) in [6, 6.07) is 6.16. The van der Waals surface area contributed by atoms with E-state index < -0.39 is 0 Å². The smallest absolute Gasteiger partial charge is 0.0858 e. The maximum atomic E-state index is 6.52. The van der Waals surface area contributed by atoms with Crippen LogP contribution in [0.25, 0.3) is 10.9 Å². The topological polar surface area (TPSA) is 28.2 Å². The van der Waals surface area contributed by atoms with E-state index in [1.165, 1.54) is 0 Å². The second-order valence-corrected chi connectivity index (χ2v) is 6.05. The molecule has 1 aliphatic heterocycles. The van der Waals surface area contributed by atoms with Crippen molar-refractivity contribution in [2.45, 2.75) is 6.92 Å². The van der Waals surface area contributed by atoms with E-state index in [1.807, 2.05) is 19.1 Å². The Balaban J connectivity index is 0.00000147. The van der Waals surface area contributed by atoms with Crippen molar-refractivity contribution in [3.63, 3.8) is 0 Å². The number of hydrogen-bond acceptors (Lipinski definition) is 3. The first-order valence-electron chi connectivity index (χ1n) is 6.38. The van der Waals surface area contributed by atoms with Crippen LogP contribution < -0.4 is 10.2 Å². The van der Waals surface area contributed by atoms with Crippen LogP contribution in [-0.2, 0) is 0 Å². The maximum Gasteiger partial charge on any atom is 0.0858 e. The van der Waals surface area contributed by atoms with E-state index >= 15 is 0 Å². The molecule has 0 saturated carbocycles. The summed E-state index contributed by atoms with van der Waals surface area (Å²) in [7, 11) is 0. The second kappa shape index (κ2) is 6.48. The lowest BCUT2D eigenvalue weighted by Crippen LogP contribution is -2.43. The quantitative estimate of drug-likeness (QED) is 0.820. The number of halogens is 3. The van der Waals surface area contributed by atoms with E-state index in [2.05, 4.69) is 37.2 Å². The van der Waals surface area contributed by atoms with Gasteiger partial charge < -0.3 is 10.2 Å². The van der Waals surface area contributed by atoms with Crippen molar-refractivity contribution in [1.82, 2.24) is 10.3 Å². The lowest BCUT2D eigenvalue weighted by molar-refractivity contribution is 0.590. The zero-order chi connectivity index (χ0) is 13.4. The van der Waals surface area contributed by atoms with E-state index in [0.29, 0.717) is 0 Å². The van der Waals surface area contributed by atoms with E-state index in [9.17, 15) is 0 Å². The van der Waals surface area contributed by atoms with Crippen LogP contribution in [0.5, 0.6) is 0 Å². The van der Waals surface area contributed by atoms with Gasteiger partial charge >= 0.3 is 0 Å². The minimum atomic E-state index is 0. The van der Waals surface area contributed by atoms with Gasteiger partial charge in [0.2, 0.25) is 0 Å². The Bertz CT molecular complexity index is 627. The molecule has 0 unspecified atom stereocenters. The van der Waals surface area contributed by atoms with Gasteiger partial charge in [-0.15, -0.1) is 12.4 Å². The highest BCUT2D eigenvalue weighted by molar-refractivity contribution is 9.10. The number of rotatable bonds is 1. The summed E-state index contributed by atoms with van der Waals surface area (Å²) in [4.78, 5) is 6.93. The van der Waals surface area contributed by atoms with Gasteiger partial charge in [0.1, 0.15) is 0 Å². The lowest BCUT2D eigenvalue weighted by Gasteiger charge is -2.31. The zero-order valence-corrected chi connectivity index (χ0v) is 14.3. The summed E-state index contributed by atoms with van der Waals surface area (Å²) in [5.41, 5.74) is 3.01. The highest BCUT2D eigenvalue weighted by Crippen LogP contribution is 2.36. The molecule has 0 amide bonds. The van der Waals surface area contributed by atoms with Gasteiger partial charge in [-0.2, -0.15) is 0 Å². The van der Waals surface area contributed by atoms with Gasteiger partial charge in [0.15, 0.2) is 0 Å². The van der Waals surface area contributed by atoms with Gasteiger partial charge in [-0.25, -0.2) is 0 Å². The largest absolute Gasteiger partial charge is 0.367 e. The fourth-order valence-electron chi connectivity index (χ4n) is 2.51. The van der Waals surface area contributed by atoms with Crippen LogP contribution in [0.4, 0.5) is 5.69 Å². The van der Waals surface area contributed by atoms with Crippen LogP contribution in [0.1, 0.15) is 5.69 Å². The molecule has 0 aliphatic carbocycles. The van der Waals surface area contributed by atoms with E-state index in [-0.39, 0.29) is 12.4 Å².